The number of thioether (sulfide) groups is 1. The third kappa shape index (κ3) is 3.58. The molecule has 3 rings (SSSR count). The number of thiazole rings is 1. The Morgan fingerprint density at radius 3 is 2.81 bits per heavy atom. The van der Waals surface area contributed by atoms with Gasteiger partial charge < -0.3 is 0 Å². The smallest absolute Gasteiger partial charge is 0.151 e. The van der Waals surface area contributed by atoms with Crippen molar-refractivity contribution in [2.45, 2.75) is 49.1 Å². The Balaban J connectivity index is 1.62. The summed E-state index contributed by atoms with van der Waals surface area (Å²) in [5.74, 6) is 1.67. The Morgan fingerprint density at radius 2 is 2.10 bits per heavy atom. The van der Waals surface area contributed by atoms with Crippen molar-refractivity contribution in [3.8, 4) is 0 Å². The predicted octanol–water partition coefficient (Wildman–Crippen LogP) is 5.91. The van der Waals surface area contributed by atoms with Crippen molar-refractivity contribution in [2.75, 3.05) is 0 Å². The summed E-state index contributed by atoms with van der Waals surface area (Å²) in [5, 5.41) is 0. The minimum Gasteiger partial charge on any atom is -0.230 e. The molecule has 1 atom stereocenters. The zero-order chi connectivity index (χ0) is 14.7. The van der Waals surface area contributed by atoms with Crippen molar-refractivity contribution < 1.29 is 0 Å². The second-order valence-corrected chi connectivity index (χ2v) is 7.87. The van der Waals surface area contributed by atoms with Crippen LogP contribution in [0.5, 0.6) is 0 Å². The first kappa shape index (κ1) is 14.9. The van der Waals surface area contributed by atoms with Crippen molar-refractivity contribution in [1.82, 2.24) is 4.98 Å². The lowest BCUT2D eigenvalue weighted by atomic mass is 9.98. The van der Waals surface area contributed by atoms with Gasteiger partial charge in [-0.3, -0.25) is 0 Å². The molecule has 2 aromatic rings. The first-order valence-electron chi connectivity index (χ1n) is 7.64. The van der Waals surface area contributed by atoms with Crippen molar-refractivity contribution in [2.24, 2.45) is 0 Å². The van der Waals surface area contributed by atoms with Crippen molar-refractivity contribution >= 4 is 29.2 Å². The fourth-order valence-corrected chi connectivity index (χ4v) is 4.60. The molecule has 0 saturated heterocycles. The van der Waals surface area contributed by atoms with E-state index in [2.05, 4.69) is 50.3 Å². The van der Waals surface area contributed by atoms with E-state index in [0.29, 0.717) is 5.92 Å². The van der Waals surface area contributed by atoms with E-state index in [-0.39, 0.29) is 0 Å². The lowest BCUT2D eigenvalue weighted by Crippen LogP contribution is -1.91. The molecule has 0 aliphatic heterocycles. The van der Waals surface area contributed by atoms with Crippen molar-refractivity contribution in [1.29, 1.82) is 0 Å². The first-order valence-corrected chi connectivity index (χ1v) is 9.44. The van der Waals surface area contributed by atoms with Gasteiger partial charge in [0.15, 0.2) is 4.34 Å². The van der Waals surface area contributed by atoms with Crippen LogP contribution < -0.4 is 0 Å². The van der Waals surface area contributed by atoms with Gasteiger partial charge in [-0.15, -0.1) is 11.3 Å². The number of nitrogens with zero attached hydrogens (tertiary/aromatic N) is 1. The van der Waals surface area contributed by atoms with Crippen LogP contribution in [-0.2, 0) is 12.2 Å². The van der Waals surface area contributed by atoms with Crippen LogP contribution in [0.25, 0.3) is 6.08 Å². The van der Waals surface area contributed by atoms with Crippen LogP contribution in [0, 0.1) is 0 Å². The Bertz CT molecular complexity index is 625. The topological polar surface area (TPSA) is 12.9 Å². The Kier molecular flexibility index (Phi) is 4.81. The highest BCUT2D eigenvalue weighted by Gasteiger charge is 2.12. The third-order valence-electron chi connectivity index (χ3n) is 4.05. The minimum absolute atomic E-state index is 0.657. The minimum atomic E-state index is 0.657. The Labute approximate surface area is 135 Å². The van der Waals surface area contributed by atoms with E-state index >= 15 is 0 Å². The highest BCUT2D eigenvalue weighted by Crippen LogP contribution is 2.33. The van der Waals surface area contributed by atoms with Gasteiger partial charge in [-0.2, -0.15) is 0 Å². The van der Waals surface area contributed by atoms with Crippen LogP contribution in [-0.4, -0.2) is 4.98 Å². The monoisotopic (exact) mass is 315 g/mol. The molecule has 0 spiro atoms. The molecule has 1 aromatic carbocycles. The van der Waals surface area contributed by atoms with Crippen LogP contribution in [0.3, 0.4) is 0 Å². The van der Waals surface area contributed by atoms with Crippen molar-refractivity contribution in [3.05, 3.63) is 52.0 Å². The van der Waals surface area contributed by atoms with Crippen LogP contribution >= 0.6 is 23.1 Å². The quantitative estimate of drug-likeness (QED) is 0.636. The average Bonchev–Trinajstić information content (AvgIpc) is 2.95. The van der Waals surface area contributed by atoms with Gasteiger partial charge in [0, 0.05) is 10.6 Å². The molecule has 3 heteroatoms. The van der Waals surface area contributed by atoms with Crippen LogP contribution in [0.15, 0.2) is 34.7 Å². The van der Waals surface area contributed by atoms with E-state index in [1.54, 1.807) is 0 Å². The van der Waals surface area contributed by atoms with Crippen LogP contribution in [0.2, 0.25) is 0 Å². The van der Waals surface area contributed by atoms with E-state index in [1.165, 1.54) is 32.5 Å². The molecule has 1 unspecified atom stereocenters. The molecule has 0 saturated carbocycles. The maximum Gasteiger partial charge on any atom is 0.151 e. The molecule has 1 nitrogen and oxygen atoms in total. The summed E-state index contributed by atoms with van der Waals surface area (Å²) in [4.78, 5) is 6.17. The molecular weight excluding hydrogens is 294 g/mol. The van der Waals surface area contributed by atoms with Gasteiger partial charge in [-0.05, 0) is 42.4 Å². The summed E-state index contributed by atoms with van der Waals surface area (Å²) in [6.07, 6.45) is 7.92. The molecule has 0 fully saturated rings. The number of fused-ring (bicyclic) bond motifs is 1. The molecule has 0 bridgehead atoms. The Hall–Kier alpha value is -1.06. The number of rotatable bonds is 5. The van der Waals surface area contributed by atoms with Gasteiger partial charge in [0.1, 0.15) is 0 Å². The summed E-state index contributed by atoms with van der Waals surface area (Å²) in [5.41, 5.74) is 4.03. The summed E-state index contributed by atoms with van der Waals surface area (Å²) >= 11 is 3.73. The summed E-state index contributed by atoms with van der Waals surface area (Å²) in [6, 6.07) is 9.09. The van der Waals surface area contributed by atoms with Gasteiger partial charge in [-0.25, -0.2) is 4.98 Å². The van der Waals surface area contributed by atoms with E-state index in [9.17, 15) is 0 Å². The molecule has 0 amide bonds. The zero-order valence-corrected chi connectivity index (χ0v) is 14.3. The normalized spacial score (nSPS) is 15.0. The fraction of sp³-hybridized carbons (Fsp3) is 0.389. The molecule has 1 heterocycles. The molecule has 1 aliphatic rings. The van der Waals surface area contributed by atoms with E-state index < -0.39 is 0 Å². The molecule has 0 N–H and O–H groups in total. The highest BCUT2D eigenvalue weighted by atomic mass is 32.2. The lowest BCUT2D eigenvalue weighted by molar-refractivity contribution is 0.733. The number of allylic oxidation sites excluding steroid dienone is 1. The number of aromatic nitrogens is 1. The molecule has 1 aliphatic carbocycles. The summed E-state index contributed by atoms with van der Waals surface area (Å²) in [6.45, 7) is 4.53. The maximum absolute atomic E-state index is 4.72. The van der Waals surface area contributed by atoms with Crippen molar-refractivity contribution in [3.63, 3.8) is 0 Å². The zero-order valence-electron chi connectivity index (χ0n) is 12.6. The number of hydrogen-bond donors (Lipinski definition) is 0. The third-order valence-corrected chi connectivity index (χ3v) is 6.39. The summed E-state index contributed by atoms with van der Waals surface area (Å²) in [7, 11) is 0. The largest absolute Gasteiger partial charge is 0.230 e. The van der Waals surface area contributed by atoms with E-state index in [0.717, 1.165) is 18.6 Å². The maximum atomic E-state index is 4.72. The fourth-order valence-electron chi connectivity index (χ4n) is 2.44. The summed E-state index contributed by atoms with van der Waals surface area (Å²) < 4.78 is 1.21. The molecule has 0 radical (unpaired) electrons. The molecule has 1 aromatic heterocycles. The standard InChI is InChI=1S/C18H21NS2/c1-3-13(2)15-10-8-14(9-11-15)12-20-18-19-16-6-4-5-7-17(16)21-18/h4,6,8-11,13H,3,5,7,12H2,1-2H3. The van der Waals surface area contributed by atoms with E-state index in [1.807, 2.05) is 23.1 Å². The number of hydrogen-bond acceptors (Lipinski definition) is 3. The number of benzene rings is 1. The predicted molar refractivity (Wildman–Crippen MR) is 94.2 cm³/mol. The van der Waals surface area contributed by atoms with Crippen LogP contribution in [0.1, 0.15) is 54.3 Å². The molecule has 21 heavy (non-hydrogen) atoms. The first-order chi connectivity index (χ1) is 10.3. The highest BCUT2D eigenvalue weighted by molar-refractivity contribution is 8.00. The number of aryl methyl sites for hydroxylation is 1. The lowest BCUT2D eigenvalue weighted by Gasteiger charge is -2.09. The second kappa shape index (κ2) is 6.80. The average molecular weight is 316 g/mol. The second-order valence-electron chi connectivity index (χ2n) is 5.57. The van der Waals surface area contributed by atoms with Gasteiger partial charge >= 0.3 is 0 Å². The SMILES string of the molecule is CCC(C)c1ccc(CSc2nc3c(s2)CCC=C3)cc1. The van der Waals surface area contributed by atoms with Crippen LogP contribution in [0.4, 0.5) is 0 Å². The van der Waals surface area contributed by atoms with E-state index in [4.69, 9.17) is 4.98 Å². The van der Waals surface area contributed by atoms with Gasteiger partial charge in [0.25, 0.3) is 0 Å². The molecule has 110 valence electrons. The van der Waals surface area contributed by atoms with Gasteiger partial charge in [0.2, 0.25) is 0 Å². The Morgan fingerprint density at radius 1 is 1.29 bits per heavy atom. The van der Waals surface area contributed by atoms with Gasteiger partial charge in [-0.1, -0.05) is 56.0 Å². The molecular formula is C18H21NS2. The van der Waals surface area contributed by atoms with Gasteiger partial charge in [0.05, 0.1) is 5.69 Å².